The molecule has 0 unspecified atom stereocenters. The highest BCUT2D eigenvalue weighted by molar-refractivity contribution is 6.33. The molecule has 0 aliphatic carbocycles. The summed E-state index contributed by atoms with van der Waals surface area (Å²) in [5.41, 5.74) is 4.50. The lowest BCUT2D eigenvalue weighted by molar-refractivity contribution is 0.0954. The molecule has 0 aliphatic rings. The van der Waals surface area contributed by atoms with Gasteiger partial charge in [0.15, 0.2) is 0 Å². The highest BCUT2D eigenvalue weighted by Gasteiger charge is 2.14. The first-order valence-electron chi connectivity index (χ1n) is 8.46. The molecule has 2 aromatic carbocycles. The summed E-state index contributed by atoms with van der Waals surface area (Å²) in [6, 6.07) is 13.7. The van der Waals surface area contributed by atoms with Gasteiger partial charge < -0.3 is 10.1 Å². The number of halogens is 1. The lowest BCUT2D eigenvalue weighted by atomic mass is 10.1. The van der Waals surface area contributed by atoms with Crippen molar-refractivity contribution in [1.29, 1.82) is 0 Å². The summed E-state index contributed by atoms with van der Waals surface area (Å²) < 4.78 is 5.21. The maximum atomic E-state index is 12.5. The van der Waals surface area contributed by atoms with Gasteiger partial charge in [-0.3, -0.25) is 4.79 Å². The number of aromatic nitrogens is 1. The number of carbonyl (C=O) groups is 1. The molecule has 0 atom stereocenters. The molecular weight excluding hydrogens is 348 g/mol. The van der Waals surface area contributed by atoms with Gasteiger partial charge in [0.1, 0.15) is 10.9 Å². The van der Waals surface area contributed by atoms with Crippen LogP contribution in [0.1, 0.15) is 27.0 Å². The van der Waals surface area contributed by atoms with Crippen molar-refractivity contribution >= 4 is 28.4 Å². The standard InChI is InChI=1S/C21H21ClN2O2/c1-13-9-14(2)19-16(10-13)12-18(20(22)24-19)21(25)23-8-7-15-5-4-6-17(11-15)26-3/h4-6,9-12H,7-8H2,1-3H3,(H,23,25). The molecule has 0 radical (unpaired) electrons. The van der Waals surface area contributed by atoms with Gasteiger partial charge in [0, 0.05) is 11.9 Å². The van der Waals surface area contributed by atoms with E-state index in [1.807, 2.05) is 50.2 Å². The number of nitrogens with zero attached hydrogens (tertiary/aromatic N) is 1. The van der Waals surface area contributed by atoms with Crippen LogP contribution in [0.15, 0.2) is 42.5 Å². The van der Waals surface area contributed by atoms with Crippen LogP contribution in [0.3, 0.4) is 0 Å². The molecule has 0 saturated carbocycles. The average molecular weight is 369 g/mol. The second kappa shape index (κ2) is 7.75. The molecule has 0 bridgehead atoms. The minimum atomic E-state index is -0.216. The van der Waals surface area contributed by atoms with Crippen LogP contribution in [0.25, 0.3) is 10.9 Å². The minimum absolute atomic E-state index is 0.216. The zero-order chi connectivity index (χ0) is 18.7. The summed E-state index contributed by atoms with van der Waals surface area (Å²) in [4.78, 5) is 16.9. The lowest BCUT2D eigenvalue weighted by Crippen LogP contribution is -2.26. The molecular formula is C21H21ClN2O2. The van der Waals surface area contributed by atoms with Gasteiger partial charge in [-0.25, -0.2) is 4.98 Å². The minimum Gasteiger partial charge on any atom is -0.497 e. The van der Waals surface area contributed by atoms with E-state index < -0.39 is 0 Å². The molecule has 0 fully saturated rings. The summed E-state index contributed by atoms with van der Waals surface area (Å²) in [6.07, 6.45) is 0.708. The number of hydrogen-bond acceptors (Lipinski definition) is 3. The second-order valence-electron chi connectivity index (χ2n) is 6.34. The Morgan fingerprint density at radius 1 is 1.19 bits per heavy atom. The van der Waals surface area contributed by atoms with Crippen LogP contribution in [-0.4, -0.2) is 24.5 Å². The average Bonchev–Trinajstić information content (AvgIpc) is 2.62. The van der Waals surface area contributed by atoms with Crippen molar-refractivity contribution in [3.05, 3.63) is 69.9 Å². The first kappa shape index (κ1) is 18.2. The van der Waals surface area contributed by atoms with Gasteiger partial charge in [0.2, 0.25) is 0 Å². The van der Waals surface area contributed by atoms with E-state index in [4.69, 9.17) is 16.3 Å². The number of rotatable bonds is 5. The topological polar surface area (TPSA) is 51.2 Å². The fourth-order valence-corrected chi connectivity index (χ4v) is 3.26. The van der Waals surface area contributed by atoms with E-state index in [0.717, 1.165) is 33.3 Å². The molecule has 5 heteroatoms. The number of nitrogens with one attached hydrogen (secondary N) is 1. The first-order valence-corrected chi connectivity index (χ1v) is 8.84. The van der Waals surface area contributed by atoms with Gasteiger partial charge in [-0.05, 0) is 55.7 Å². The van der Waals surface area contributed by atoms with Gasteiger partial charge in [-0.2, -0.15) is 0 Å². The molecule has 1 amide bonds. The maximum Gasteiger partial charge on any atom is 0.254 e. The summed E-state index contributed by atoms with van der Waals surface area (Å²) in [5.74, 6) is 0.591. The van der Waals surface area contributed by atoms with Crippen LogP contribution in [0, 0.1) is 13.8 Å². The molecule has 0 saturated heterocycles. The van der Waals surface area contributed by atoms with E-state index in [1.165, 1.54) is 0 Å². The van der Waals surface area contributed by atoms with E-state index in [9.17, 15) is 4.79 Å². The van der Waals surface area contributed by atoms with E-state index in [0.29, 0.717) is 18.5 Å². The Morgan fingerprint density at radius 2 is 2.00 bits per heavy atom. The molecule has 26 heavy (non-hydrogen) atoms. The molecule has 1 aromatic heterocycles. The van der Waals surface area contributed by atoms with Gasteiger partial charge in [0.05, 0.1) is 18.2 Å². The number of ether oxygens (including phenoxy) is 1. The number of amides is 1. The second-order valence-corrected chi connectivity index (χ2v) is 6.70. The Balaban J connectivity index is 1.74. The number of benzene rings is 2. The fraction of sp³-hybridized carbons (Fsp3) is 0.238. The van der Waals surface area contributed by atoms with Crippen LogP contribution in [0.2, 0.25) is 5.15 Å². The zero-order valence-corrected chi connectivity index (χ0v) is 15.9. The van der Waals surface area contributed by atoms with Crippen molar-refractivity contribution in [2.24, 2.45) is 0 Å². The Morgan fingerprint density at radius 3 is 2.77 bits per heavy atom. The third-order valence-corrected chi connectivity index (χ3v) is 4.57. The molecule has 134 valence electrons. The summed E-state index contributed by atoms with van der Waals surface area (Å²) in [7, 11) is 1.64. The Kier molecular flexibility index (Phi) is 5.43. The van der Waals surface area contributed by atoms with Gasteiger partial charge in [-0.15, -0.1) is 0 Å². The number of hydrogen-bond donors (Lipinski definition) is 1. The van der Waals surface area contributed by atoms with Gasteiger partial charge in [0.25, 0.3) is 5.91 Å². The van der Waals surface area contributed by atoms with E-state index in [-0.39, 0.29) is 11.1 Å². The molecule has 0 spiro atoms. The quantitative estimate of drug-likeness (QED) is 0.675. The Hall–Kier alpha value is -2.59. The summed E-state index contributed by atoms with van der Waals surface area (Å²) >= 11 is 6.26. The van der Waals surface area contributed by atoms with Gasteiger partial charge in [-0.1, -0.05) is 35.4 Å². The first-order chi connectivity index (χ1) is 12.5. The van der Waals surface area contributed by atoms with Crippen molar-refractivity contribution < 1.29 is 9.53 Å². The smallest absolute Gasteiger partial charge is 0.254 e. The van der Waals surface area contributed by atoms with Crippen LogP contribution in [0.5, 0.6) is 5.75 Å². The van der Waals surface area contributed by atoms with Crippen LogP contribution >= 0.6 is 11.6 Å². The molecule has 1 N–H and O–H groups in total. The van der Waals surface area contributed by atoms with E-state index in [2.05, 4.69) is 16.4 Å². The number of pyridine rings is 1. The Labute approximate surface area is 158 Å². The number of fused-ring (bicyclic) bond motifs is 1. The molecule has 4 nitrogen and oxygen atoms in total. The highest BCUT2D eigenvalue weighted by atomic mass is 35.5. The maximum absolute atomic E-state index is 12.5. The highest BCUT2D eigenvalue weighted by Crippen LogP contribution is 2.24. The van der Waals surface area contributed by atoms with Crippen LogP contribution in [-0.2, 0) is 6.42 Å². The molecule has 1 heterocycles. The Bertz CT molecular complexity index is 970. The normalized spacial score (nSPS) is 10.8. The molecule has 0 aliphatic heterocycles. The molecule has 3 aromatic rings. The summed E-state index contributed by atoms with van der Waals surface area (Å²) in [5, 5.41) is 4.06. The number of methoxy groups -OCH3 is 1. The molecule has 3 rings (SSSR count). The van der Waals surface area contributed by atoms with E-state index in [1.54, 1.807) is 7.11 Å². The van der Waals surface area contributed by atoms with Crippen molar-refractivity contribution in [3.8, 4) is 5.75 Å². The van der Waals surface area contributed by atoms with Crippen molar-refractivity contribution in [3.63, 3.8) is 0 Å². The fourth-order valence-electron chi connectivity index (χ4n) is 3.03. The van der Waals surface area contributed by atoms with E-state index >= 15 is 0 Å². The van der Waals surface area contributed by atoms with Crippen molar-refractivity contribution in [2.45, 2.75) is 20.3 Å². The summed E-state index contributed by atoms with van der Waals surface area (Å²) in [6.45, 7) is 4.52. The van der Waals surface area contributed by atoms with Crippen molar-refractivity contribution in [2.75, 3.05) is 13.7 Å². The largest absolute Gasteiger partial charge is 0.497 e. The zero-order valence-electron chi connectivity index (χ0n) is 15.1. The predicted octanol–water partition coefficient (Wildman–Crippen LogP) is 4.49. The third-order valence-electron chi connectivity index (χ3n) is 4.28. The number of aryl methyl sites for hydroxylation is 2. The predicted molar refractivity (Wildman–Crippen MR) is 105 cm³/mol. The van der Waals surface area contributed by atoms with Crippen LogP contribution in [0.4, 0.5) is 0 Å². The van der Waals surface area contributed by atoms with Gasteiger partial charge >= 0.3 is 0 Å². The number of carbonyl (C=O) groups excluding carboxylic acids is 1. The van der Waals surface area contributed by atoms with Crippen molar-refractivity contribution in [1.82, 2.24) is 10.3 Å². The SMILES string of the molecule is COc1cccc(CCNC(=O)c2cc3cc(C)cc(C)c3nc2Cl)c1. The van der Waals surface area contributed by atoms with Crippen LogP contribution < -0.4 is 10.1 Å². The lowest BCUT2D eigenvalue weighted by Gasteiger charge is -2.10. The third kappa shape index (κ3) is 3.97. The monoisotopic (exact) mass is 368 g/mol.